The minimum atomic E-state index is 0.667. The van der Waals surface area contributed by atoms with Gasteiger partial charge in [0.25, 0.3) is 0 Å². The predicted octanol–water partition coefficient (Wildman–Crippen LogP) is 3.37. The van der Waals surface area contributed by atoms with E-state index < -0.39 is 0 Å². The molecule has 0 bridgehead atoms. The molecule has 0 amide bonds. The highest BCUT2D eigenvalue weighted by Crippen LogP contribution is 2.20. The van der Waals surface area contributed by atoms with Crippen LogP contribution in [0.4, 0.5) is 5.69 Å². The van der Waals surface area contributed by atoms with E-state index in [4.69, 9.17) is 0 Å². The highest BCUT2D eigenvalue weighted by atomic mass is 79.9. The molecule has 0 aliphatic carbocycles. The van der Waals surface area contributed by atoms with Gasteiger partial charge in [0.05, 0.1) is 0 Å². The average molecular weight is 297 g/mol. The monoisotopic (exact) mass is 296 g/mol. The van der Waals surface area contributed by atoms with E-state index in [-0.39, 0.29) is 0 Å². The fourth-order valence-corrected chi connectivity index (χ4v) is 2.63. The number of benzene rings is 1. The number of halogens is 1. The van der Waals surface area contributed by atoms with Crippen LogP contribution >= 0.6 is 15.9 Å². The van der Waals surface area contributed by atoms with Crippen LogP contribution in [0.25, 0.3) is 0 Å². The number of rotatable bonds is 2. The van der Waals surface area contributed by atoms with Gasteiger partial charge in [0.15, 0.2) is 0 Å². The van der Waals surface area contributed by atoms with Crippen molar-refractivity contribution in [2.24, 2.45) is 0 Å². The standard InChI is InChI=1S/C14H21BrN2/c1-12(2)16-8-3-9-17(11-10-16)14-6-4-13(15)5-7-14/h4-7,12H,3,8-11H2,1-2H3. The first-order valence-corrected chi connectivity index (χ1v) is 7.20. The van der Waals surface area contributed by atoms with Crippen molar-refractivity contribution in [2.45, 2.75) is 26.3 Å². The first kappa shape index (κ1) is 12.9. The third-order valence-corrected chi connectivity index (χ3v) is 3.98. The lowest BCUT2D eigenvalue weighted by Crippen LogP contribution is -2.35. The van der Waals surface area contributed by atoms with Gasteiger partial charge in [-0.05, 0) is 44.5 Å². The van der Waals surface area contributed by atoms with E-state index in [9.17, 15) is 0 Å². The van der Waals surface area contributed by atoms with Crippen molar-refractivity contribution >= 4 is 21.6 Å². The van der Waals surface area contributed by atoms with Gasteiger partial charge in [-0.25, -0.2) is 0 Å². The molecule has 1 aromatic carbocycles. The second-order valence-corrected chi connectivity index (χ2v) is 5.86. The van der Waals surface area contributed by atoms with Crippen molar-refractivity contribution in [2.75, 3.05) is 31.1 Å². The number of hydrogen-bond donors (Lipinski definition) is 0. The predicted molar refractivity (Wildman–Crippen MR) is 77.7 cm³/mol. The van der Waals surface area contributed by atoms with Crippen molar-refractivity contribution in [1.29, 1.82) is 0 Å². The Bertz CT molecular complexity index is 348. The molecule has 0 atom stereocenters. The molecule has 2 nitrogen and oxygen atoms in total. The summed E-state index contributed by atoms with van der Waals surface area (Å²) in [7, 11) is 0. The molecule has 94 valence electrons. The van der Waals surface area contributed by atoms with Crippen molar-refractivity contribution in [3.8, 4) is 0 Å². The van der Waals surface area contributed by atoms with Crippen molar-refractivity contribution in [3.63, 3.8) is 0 Å². The fraction of sp³-hybridized carbons (Fsp3) is 0.571. The third-order valence-electron chi connectivity index (χ3n) is 3.45. The van der Waals surface area contributed by atoms with Crippen LogP contribution in [0.1, 0.15) is 20.3 Å². The van der Waals surface area contributed by atoms with E-state index in [1.54, 1.807) is 0 Å². The Morgan fingerprint density at radius 2 is 1.71 bits per heavy atom. The lowest BCUT2D eigenvalue weighted by Gasteiger charge is -2.25. The van der Waals surface area contributed by atoms with Gasteiger partial charge >= 0.3 is 0 Å². The lowest BCUT2D eigenvalue weighted by atomic mass is 10.2. The smallest absolute Gasteiger partial charge is 0.0367 e. The van der Waals surface area contributed by atoms with Crippen LogP contribution < -0.4 is 4.90 Å². The molecular weight excluding hydrogens is 276 g/mol. The van der Waals surface area contributed by atoms with Crippen molar-refractivity contribution in [1.82, 2.24) is 4.90 Å². The normalized spacial score (nSPS) is 18.5. The first-order valence-electron chi connectivity index (χ1n) is 6.41. The molecule has 0 aromatic heterocycles. The molecule has 2 rings (SSSR count). The Hall–Kier alpha value is -0.540. The summed E-state index contributed by atoms with van der Waals surface area (Å²) in [4.78, 5) is 5.06. The molecule has 3 heteroatoms. The van der Waals surface area contributed by atoms with Gasteiger partial charge in [0, 0.05) is 42.4 Å². The topological polar surface area (TPSA) is 6.48 Å². The second-order valence-electron chi connectivity index (χ2n) is 4.95. The molecule has 0 N–H and O–H groups in total. The maximum absolute atomic E-state index is 3.49. The molecule has 1 heterocycles. The Balaban J connectivity index is 2.01. The van der Waals surface area contributed by atoms with Crippen LogP contribution in [0.5, 0.6) is 0 Å². The summed E-state index contributed by atoms with van der Waals surface area (Å²) in [6.45, 7) is 9.29. The van der Waals surface area contributed by atoms with Crippen molar-refractivity contribution in [3.05, 3.63) is 28.7 Å². The van der Waals surface area contributed by atoms with E-state index >= 15 is 0 Å². The first-order chi connectivity index (χ1) is 8.16. The Morgan fingerprint density at radius 3 is 2.35 bits per heavy atom. The van der Waals surface area contributed by atoms with Crippen LogP contribution in [-0.2, 0) is 0 Å². The minimum absolute atomic E-state index is 0.667. The van der Waals surface area contributed by atoms with Gasteiger partial charge in [-0.2, -0.15) is 0 Å². The zero-order valence-electron chi connectivity index (χ0n) is 10.7. The van der Waals surface area contributed by atoms with Crippen LogP contribution in [0.2, 0.25) is 0 Å². The highest BCUT2D eigenvalue weighted by molar-refractivity contribution is 9.10. The molecule has 0 radical (unpaired) electrons. The maximum atomic E-state index is 3.49. The van der Waals surface area contributed by atoms with Gasteiger partial charge in [0.1, 0.15) is 0 Å². The quantitative estimate of drug-likeness (QED) is 0.826. The molecule has 1 saturated heterocycles. The Morgan fingerprint density at radius 1 is 1.00 bits per heavy atom. The number of nitrogens with zero attached hydrogens (tertiary/aromatic N) is 2. The fourth-order valence-electron chi connectivity index (χ4n) is 2.36. The molecule has 0 spiro atoms. The Kier molecular flexibility index (Phi) is 4.46. The second kappa shape index (κ2) is 5.87. The zero-order valence-corrected chi connectivity index (χ0v) is 12.3. The summed E-state index contributed by atoms with van der Waals surface area (Å²) in [6, 6.07) is 9.32. The Labute approximate surface area is 113 Å². The van der Waals surface area contributed by atoms with E-state index in [0.717, 1.165) is 11.0 Å². The van der Waals surface area contributed by atoms with Crippen LogP contribution in [-0.4, -0.2) is 37.1 Å². The van der Waals surface area contributed by atoms with Gasteiger partial charge in [0.2, 0.25) is 0 Å². The van der Waals surface area contributed by atoms with E-state index in [1.165, 1.54) is 31.7 Å². The van der Waals surface area contributed by atoms with Crippen molar-refractivity contribution < 1.29 is 0 Å². The summed E-state index contributed by atoms with van der Waals surface area (Å²) in [5.74, 6) is 0. The van der Waals surface area contributed by atoms with Crippen LogP contribution in [0, 0.1) is 0 Å². The third kappa shape index (κ3) is 3.46. The van der Waals surface area contributed by atoms with Crippen LogP contribution in [0.15, 0.2) is 28.7 Å². The van der Waals surface area contributed by atoms with Gasteiger partial charge < -0.3 is 4.90 Å². The summed E-state index contributed by atoms with van der Waals surface area (Å²) < 4.78 is 1.15. The molecule has 0 unspecified atom stereocenters. The summed E-state index contributed by atoms with van der Waals surface area (Å²) in [6.07, 6.45) is 1.26. The average Bonchev–Trinajstić information content (AvgIpc) is 2.55. The SMILES string of the molecule is CC(C)N1CCCN(c2ccc(Br)cc2)CC1. The minimum Gasteiger partial charge on any atom is -0.370 e. The molecule has 1 aromatic rings. The highest BCUT2D eigenvalue weighted by Gasteiger charge is 2.16. The lowest BCUT2D eigenvalue weighted by molar-refractivity contribution is 0.238. The van der Waals surface area contributed by atoms with E-state index in [2.05, 4.69) is 63.8 Å². The number of hydrogen-bond acceptors (Lipinski definition) is 2. The van der Waals surface area contributed by atoms with Gasteiger partial charge in [-0.1, -0.05) is 15.9 Å². The maximum Gasteiger partial charge on any atom is 0.0367 e. The molecule has 17 heavy (non-hydrogen) atoms. The summed E-state index contributed by atoms with van der Waals surface area (Å²) in [5, 5.41) is 0. The largest absolute Gasteiger partial charge is 0.370 e. The number of anilines is 1. The molecule has 1 aliphatic heterocycles. The molecule has 1 aliphatic rings. The summed E-state index contributed by atoms with van der Waals surface area (Å²) >= 11 is 3.49. The van der Waals surface area contributed by atoms with Gasteiger partial charge in [-0.15, -0.1) is 0 Å². The molecule has 0 saturated carbocycles. The van der Waals surface area contributed by atoms with Crippen LogP contribution in [0.3, 0.4) is 0 Å². The van der Waals surface area contributed by atoms with E-state index in [0.29, 0.717) is 6.04 Å². The van der Waals surface area contributed by atoms with E-state index in [1.807, 2.05) is 0 Å². The molecular formula is C14H21BrN2. The van der Waals surface area contributed by atoms with Gasteiger partial charge in [-0.3, -0.25) is 4.90 Å². The summed E-state index contributed by atoms with van der Waals surface area (Å²) in [5.41, 5.74) is 1.35. The zero-order chi connectivity index (χ0) is 12.3. The molecule has 1 fully saturated rings.